The van der Waals surface area contributed by atoms with E-state index in [-0.39, 0.29) is 11.9 Å². The maximum Gasteiger partial charge on any atom is 0.411 e. The number of halogens is 1. The van der Waals surface area contributed by atoms with E-state index in [1.165, 1.54) is 23.2 Å². The molecule has 1 aromatic carbocycles. The molecule has 130 valence electrons. The first-order chi connectivity index (χ1) is 11.5. The van der Waals surface area contributed by atoms with Crippen molar-refractivity contribution >= 4 is 22.7 Å². The summed E-state index contributed by atoms with van der Waals surface area (Å²) in [6, 6.07) is 6.17. The molecule has 24 heavy (non-hydrogen) atoms. The third-order valence-corrected chi connectivity index (χ3v) is 4.41. The van der Waals surface area contributed by atoms with E-state index in [9.17, 15) is 14.3 Å². The Hall–Kier alpha value is -2.21. The van der Waals surface area contributed by atoms with Gasteiger partial charge in [0.05, 0.1) is 11.2 Å². The highest BCUT2D eigenvalue weighted by atomic mass is 19.1. The van der Waals surface area contributed by atoms with E-state index >= 15 is 0 Å². The zero-order valence-electron chi connectivity index (χ0n) is 14.4. The molecule has 0 spiro atoms. The number of aromatic nitrogens is 1. The molecule has 0 aliphatic rings. The summed E-state index contributed by atoms with van der Waals surface area (Å²) in [5.74, 6) is -0.385. The predicted octanol–water partition coefficient (Wildman–Crippen LogP) is 3.98. The average molecular weight is 333 g/mol. The second-order valence-corrected chi connectivity index (χ2v) is 5.78. The molecule has 1 unspecified atom stereocenters. The fraction of sp³-hybridized carbons (Fsp3) is 0.444. The first-order valence-electron chi connectivity index (χ1n) is 8.26. The van der Waals surface area contributed by atoms with Gasteiger partial charge in [0.25, 0.3) is 0 Å². The van der Waals surface area contributed by atoms with Crippen LogP contribution in [-0.4, -0.2) is 46.8 Å². The quantitative estimate of drug-likeness (QED) is 0.833. The standard InChI is InChI=1S/C18H24FN3O2/c1-4-21(5-2)13(3)9-11-22(18(23)24)17-8-10-20-16-12-14(19)6-7-15(16)17/h6-8,10,12-13H,4-5,9,11H2,1-3H3,(H,23,24). The molecule has 0 bridgehead atoms. The zero-order chi connectivity index (χ0) is 17.7. The molecule has 1 heterocycles. The lowest BCUT2D eigenvalue weighted by atomic mass is 10.1. The molecule has 0 aliphatic heterocycles. The van der Waals surface area contributed by atoms with Crippen molar-refractivity contribution in [2.75, 3.05) is 24.5 Å². The fourth-order valence-corrected chi connectivity index (χ4v) is 3.01. The van der Waals surface area contributed by atoms with Gasteiger partial charge in [-0.25, -0.2) is 9.18 Å². The van der Waals surface area contributed by atoms with E-state index in [0.29, 0.717) is 23.1 Å². The number of fused-ring (bicyclic) bond motifs is 1. The van der Waals surface area contributed by atoms with Crippen molar-refractivity contribution in [2.24, 2.45) is 0 Å². The van der Waals surface area contributed by atoms with Crippen LogP contribution in [0.2, 0.25) is 0 Å². The highest BCUT2D eigenvalue weighted by Crippen LogP contribution is 2.26. The van der Waals surface area contributed by atoms with E-state index in [1.807, 2.05) is 0 Å². The Morgan fingerprint density at radius 3 is 2.62 bits per heavy atom. The summed E-state index contributed by atoms with van der Waals surface area (Å²) in [5.41, 5.74) is 0.995. The third kappa shape index (κ3) is 4.00. The van der Waals surface area contributed by atoms with Gasteiger partial charge in [0, 0.05) is 30.2 Å². The summed E-state index contributed by atoms with van der Waals surface area (Å²) in [7, 11) is 0. The van der Waals surface area contributed by atoms with Gasteiger partial charge in [-0.2, -0.15) is 0 Å². The molecule has 6 heteroatoms. The van der Waals surface area contributed by atoms with Gasteiger partial charge in [0.15, 0.2) is 0 Å². The Bertz CT molecular complexity index is 704. The lowest BCUT2D eigenvalue weighted by Gasteiger charge is -2.29. The number of pyridine rings is 1. The van der Waals surface area contributed by atoms with Crippen molar-refractivity contribution in [1.29, 1.82) is 0 Å². The number of hydrogen-bond acceptors (Lipinski definition) is 3. The summed E-state index contributed by atoms with van der Waals surface area (Å²) in [5, 5.41) is 10.3. The summed E-state index contributed by atoms with van der Waals surface area (Å²) >= 11 is 0. The molecular weight excluding hydrogens is 309 g/mol. The molecule has 5 nitrogen and oxygen atoms in total. The molecule has 1 N–H and O–H groups in total. The number of carbonyl (C=O) groups is 1. The Kier molecular flexibility index (Phi) is 6.09. The second kappa shape index (κ2) is 8.06. The van der Waals surface area contributed by atoms with Crippen molar-refractivity contribution in [2.45, 2.75) is 33.2 Å². The van der Waals surface area contributed by atoms with Crippen LogP contribution in [0.1, 0.15) is 27.2 Å². The molecule has 1 amide bonds. The monoisotopic (exact) mass is 333 g/mol. The lowest BCUT2D eigenvalue weighted by Crippen LogP contribution is -2.38. The van der Waals surface area contributed by atoms with Crippen LogP contribution >= 0.6 is 0 Å². The van der Waals surface area contributed by atoms with Crippen molar-refractivity contribution in [3.63, 3.8) is 0 Å². The minimum absolute atomic E-state index is 0.285. The number of rotatable bonds is 7. The first kappa shape index (κ1) is 18.1. The number of amides is 1. The Morgan fingerprint density at radius 2 is 2.00 bits per heavy atom. The highest BCUT2D eigenvalue weighted by molar-refractivity contribution is 5.99. The zero-order valence-corrected chi connectivity index (χ0v) is 14.4. The molecule has 0 fully saturated rings. The normalized spacial score (nSPS) is 12.5. The molecule has 2 aromatic rings. The maximum absolute atomic E-state index is 13.4. The van der Waals surface area contributed by atoms with E-state index < -0.39 is 6.09 Å². The van der Waals surface area contributed by atoms with Gasteiger partial charge in [-0.3, -0.25) is 9.88 Å². The van der Waals surface area contributed by atoms with E-state index in [2.05, 4.69) is 30.7 Å². The summed E-state index contributed by atoms with van der Waals surface area (Å²) < 4.78 is 13.4. The molecule has 0 radical (unpaired) electrons. The molecule has 0 aliphatic carbocycles. The van der Waals surface area contributed by atoms with Gasteiger partial charge in [0.2, 0.25) is 0 Å². The number of benzene rings is 1. The van der Waals surface area contributed by atoms with Crippen molar-refractivity contribution in [3.05, 3.63) is 36.3 Å². The van der Waals surface area contributed by atoms with Crippen molar-refractivity contribution < 1.29 is 14.3 Å². The largest absolute Gasteiger partial charge is 0.465 e. The summed E-state index contributed by atoms with van der Waals surface area (Å²) in [6.07, 6.45) is 1.22. The van der Waals surface area contributed by atoms with E-state index in [0.717, 1.165) is 19.5 Å². The molecule has 0 saturated carbocycles. The van der Waals surface area contributed by atoms with Gasteiger partial charge in [-0.1, -0.05) is 13.8 Å². The van der Waals surface area contributed by atoms with Crippen molar-refractivity contribution in [3.8, 4) is 0 Å². The maximum atomic E-state index is 13.4. The Morgan fingerprint density at radius 1 is 1.29 bits per heavy atom. The van der Waals surface area contributed by atoms with Crippen LogP contribution in [0.15, 0.2) is 30.5 Å². The van der Waals surface area contributed by atoms with Gasteiger partial charge >= 0.3 is 6.09 Å². The van der Waals surface area contributed by atoms with Crippen LogP contribution in [-0.2, 0) is 0 Å². The predicted molar refractivity (Wildman–Crippen MR) is 94.1 cm³/mol. The molecule has 0 saturated heterocycles. The van der Waals surface area contributed by atoms with Gasteiger partial charge in [0.1, 0.15) is 5.82 Å². The van der Waals surface area contributed by atoms with Gasteiger partial charge < -0.3 is 10.0 Å². The third-order valence-electron chi connectivity index (χ3n) is 4.41. The minimum Gasteiger partial charge on any atom is -0.465 e. The van der Waals surface area contributed by atoms with Gasteiger partial charge in [-0.15, -0.1) is 0 Å². The molecule has 1 aromatic heterocycles. The molecular formula is C18H24FN3O2. The number of hydrogen-bond donors (Lipinski definition) is 1. The van der Waals surface area contributed by atoms with Crippen LogP contribution in [0.25, 0.3) is 10.9 Å². The topological polar surface area (TPSA) is 56.7 Å². The van der Waals surface area contributed by atoms with E-state index in [4.69, 9.17) is 0 Å². The summed E-state index contributed by atoms with van der Waals surface area (Å²) in [4.78, 5) is 19.5. The Balaban J connectivity index is 2.27. The second-order valence-electron chi connectivity index (χ2n) is 5.78. The first-order valence-corrected chi connectivity index (χ1v) is 8.26. The van der Waals surface area contributed by atoms with Crippen LogP contribution in [0.4, 0.5) is 14.9 Å². The minimum atomic E-state index is -1.02. The number of anilines is 1. The average Bonchev–Trinajstić information content (AvgIpc) is 2.55. The van der Waals surface area contributed by atoms with Crippen LogP contribution in [0.5, 0.6) is 0 Å². The smallest absolute Gasteiger partial charge is 0.411 e. The van der Waals surface area contributed by atoms with Crippen LogP contribution in [0.3, 0.4) is 0 Å². The van der Waals surface area contributed by atoms with Gasteiger partial charge in [-0.05, 0) is 44.6 Å². The van der Waals surface area contributed by atoms with Crippen molar-refractivity contribution in [1.82, 2.24) is 9.88 Å². The van der Waals surface area contributed by atoms with Crippen LogP contribution in [0, 0.1) is 5.82 Å². The highest BCUT2D eigenvalue weighted by Gasteiger charge is 2.19. The Labute approximate surface area is 141 Å². The molecule has 1 atom stereocenters. The van der Waals surface area contributed by atoms with Crippen LogP contribution < -0.4 is 4.90 Å². The van der Waals surface area contributed by atoms with E-state index in [1.54, 1.807) is 12.1 Å². The molecule has 2 rings (SSSR count). The summed E-state index contributed by atoms with van der Waals surface area (Å²) in [6.45, 7) is 8.54. The number of carboxylic acid groups (broad SMARTS) is 1. The SMILES string of the molecule is CCN(CC)C(C)CCN(C(=O)O)c1ccnc2cc(F)ccc12. The number of nitrogens with zero attached hydrogens (tertiary/aromatic N) is 3. The lowest BCUT2D eigenvalue weighted by molar-refractivity contribution is 0.197. The fourth-order valence-electron chi connectivity index (χ4n) is 3.01.